The van der Waals surface area contributed by atoms with Gasteiger partial charge in [-0.2, -0.15) is 4.79 Å². The van der Waals surface area contributed by atoms with Gasteiger partial charge in [0.15, 0.2) is 0 Å². The Morgan fingerprint density at radius 3 is 2.35 bits per heavy atom. The Morgan fingerprint density at radius 1 is 1.30 bits per heavy atom. The number of Topliss-reactive ketones (excluding diaryl/α,β-unsaturated/α-hetero) is 1. The Labute approximate surface area is 115 Å². The van der Waals surface area contributed by atoms with Gasteiger partial charge in [-0.05, 0) is 18.6 Å². The SMILES string of the molecule is C[C@@H](CCN1C(=O)c2ccccc2C1=O)C(=O)C=[N+]=[N-]. The zero-order chi connectivity index (χ0) is 14.7. The normalized spacial score (nSPS) is 14.8. The monoisotopic (exact) mass is 271 g/mol. The van der Waals surface area contributed by atoms with Crippen LogP contribution in [0.25, 0.3) is 5.53 Å². The standard InChI is InChI=1S/C14H13N3O3/c1-9(12(18)8-16-15)6-7-17-13(19)10-4-2-3-5-11(10)14(17)20/h2-5,8-9H,6-7H2,1H3/t9-/m0/s1. The van der Waals surface area contributed by atoms with E-state index in [2.05, 4.69) is 4.79 Å². The molecule has 0 N–H and O–H groups in total. The van der Waals surface area contributed by atoms with Crippen molar-refractivity contribution in [3.63, 3.8) is 0 Å². The third-order valence-electron chi connectivity index (χ3n) is 3.33. The lowest BCUT2D eigenvalue weighted by Gasteiger charge is -2.15. The third kappa shape index (κ3) is 2.41. The van der Waals surface area contributed by atoms with Gasteiger partial charge in [-0.1, -0.05) is 19.1 Å². The van der Waals surface area contributed by atoms with Gasteiger partial charge in [0.1, 0.15) is 0 Å². The quantitative estimate of drug-likeness (QED) is 0.348. The highest BCUT2D eigenvalue weighted by Crippen LogP contribution is 2.23. The largest absolute Gasteiger partial charge is 0.361 e. The molecule has 0 radical (unpaired) electrons. The van der Waals surface area contributed by atoms with E-state index in [0.717, 1.165) is 11.1 Å². The molecule has 0 unspecified atom stereocenters. The zero-order valence-corrected chi connectivity index (χ0v) is 10.9. The molecule has 1 aliphatic heterocycles. The number of ketones is 1. The fourth-order valence-corrected chi connectivity index (χ4v) is 2.09. The van der Waals surface area contributed by atoms with Crippen LogP contribution in [0, 0.1) is 5.92 Å². The molecule has 2 rings (SSSR count). The van der Waals surface area contributed by atoms with Crippen molar-refractivity contribution in [1.29, 1.82) is 0 Å². The van der Waals surface area contributed by atoms with Gasteiger partial charge in [0.2, 0.25) is 5.78 Å². The third-order valence-corrected chi connectivity index (χ3v) is 3.33. The number of hydrogen-bond acceptors (Lipinski definition) is 3. The summed E-state index contributed by atoms with van der Waals surface area (Å²) in [6.45, 7) is 1.82. The Balaban J connectivity index is 2.06. The van der Waals surface area contributed by atoms with E-state index in [1.807, 2.05) is 0 Å². The zero-order valence-electron chi connectivity index (χ0n) is 10.9. The van der Waals surface area contributed by atoms with Crippen LogP contribution in [-0.4, -0.2) is 40.0 Å². The molecule has 6 heteroatoms. The van der Waals surface area contributed by atoms with Crippen LogP contribution in [0.4, 0.5) is 0 Å². The lowest BCUT2D eigenvalue weighted by atomic mass is 10.0. The van der Waals surface area contributed by atoms with E-state index in [1.54, 1.807) is 31.2 Å². The van der Waals surface area contributed by atoms with Gasteiger partial charge in [-0.25, -0.2) is 0 Å². The van der Waals surface area contributed by atoms with E-state index in [9.17, 15) is 14.4 Å². The van der Waals surface area contributed by atoms with Gasteiger partial charge < -0.3 is 5.53 Å². The Bertz CT molecular complexity index is 597. The molecule has 1 heterocycles. The van der Waals surface area contributed by atoms with Gasteiger partial charge in [-0.3, -0.25) is 19.3 Å². The summed E-state index contributed by atoms with van der Waals surface area (Å²) in [5.41, 5.74) is 9.09. The minimum absolute atomic E-state index is 0.165. The Hall–Kier alpha value is -2.59. The highest BCUT2D eigenvalue weighted by atomic mass is 16.2. The fourth-order valence-electron chi connectivity index (χ4n) is 2.09. The average Bonchev–Trinajstić information content (AvgIpc) is 2.69. The number of nitrogens with zero attached hydrogens (tertiary/aromatic N) is 3. The molecule has 0 saturated heterocycles. The van der Waals surface area contributed by atoms with Crippen LogP contribution in [0.15, 0.2) is 24.3 Å². The smallest absolute Gasteiger partial charge is 0.323 e. The highest BCUT2D eigenvalue weighted by molar-refractivity contribution is 6.26. The van der Waals surface area contributed by atoms with Crippen LogP contribution in [0.2, 0.25) is 0 Å². The lowest BCUT2D eigenvalue weighted by Crippen LogP contribution is -2.32. The number of rotatable bonds is 5. The maximum atomic E-state index is 12.1. The van der Waals surface area contributed by atoms with Crippen LogP contribution in [0.5, 0.6) is 0 Å². The summed E-state index contributed by atoms with van der Waals surface area (Å²) in [6.07, 6.45) is 1.16. The number of benzene rings is 1. The van der Waals surface area contributed by atoms with Gasteiger partial charge in [0, 0.05) is 12.5 Å². The minimum Gasteiger partial charge on any atom is -0.361 e. The number of hydrogen-bond donors (Lipinski definition) is 0. The molecule has 0 aromatic heterocycles. The number of carbonyl (C=O) groups is 3. The molecule has 1 aromatic rings. The predicted molar refractivity (Wildman–Crippen MR) is 70.3 cm³/mol. The number of fused-ring (bicyclic) bond motifs is 1. The summed E-state index contributed by atoms with van der Waals surface area (Å²) >= 11 is 0. The van der Waals surface area contributed by atoms with Crippen LogP contribution in [0.1, 0.15) is 34.1 Å². The van der Waals surface area contributed by atoms with E-state index in [4.69, 9.17) is 5.53 Å². The molecule has 6 nitrogen and oxygen atoms in total. The second-order valence-corrected chi connectivity index (χ2v) is 4.64. The van der Waals surface area contributed by atoms with Crippen molar-refractivity contribution in [1.82, 2.24) is 4.90 Å². The summed E-state index contributed by atoms with van der Waals surface area (Å²) in [5, 5.41) is 0. The van der Waals surface area contributed by atoms with E-state index in [-0.39, 0.29) is 24.1 Å². The van der Waals surface area contributed by atoms with Crippen LogP contribution < -0.4 is 0 Å². The molecular formula is C14H13N3O3. The van der Waals surface area contributed by atoms with Crippen LogP contribution in [0.3, 0.4) is 0 Å². The van der Waals surface area contributed by atoms with Crippen molar-refractivity contribution in [2.75, 3.05) is 6.54 Å². The summed E-state index contributed by atoms with van der Waals surface area (Å²) in [5.74, 6) is -1.43. The Morgan fingerprint density at radius 2 is 1.85 bits per heavy atom. The number of carbonyl (C=O) groups excluding carboxylic acids is 3. The molecule has 0 saturated carbocycles. The molecule has 0 aliphatic carbocycles. The second-order valence-electron chi connectivity index (χ2n) is 4.64. The summed E-state index contributed by atoms with van der Waals surface area (Å²) < 4.78 is 0. The molecule has 1 aliphatic rings. The van der Waals surface area contributed by atoms with Crippen molar-refractivity contribution in [2.24, 2.45) is 5.92 Å². The maximum absolute atomic E-state index is 12.1. The number of amides is 2. The van der Waals surface area contributed by atoms with Crippen molar-refractivity contribution in [3.05, 3.63) is 40.9 Å². The maximum Gasteiger partial charge on any atom is 0.323 e. The van der Waals surface area contributed by atoms with Crippen LogP contribution >= 0.6 is 0 Å². The fraction of sp³-hybridized carbons (Fsp3) is 0.286. The van der Waals surface area contributed by atoms with Crippen molar-refractivity contribution >= 4 is 23.8 Å². The first kappa shape index (κ1) is 13.8. The van der Waals surface area contributed by atoms with Crippen LogP contribution in [-0.2, 0) is 4.79 Å². The minimum atomic E-state index is -0.421. The molecule has 0 bridgehead atoms. The highest BCUT2D eigenvalue weighted by Gasteiger charge is 2.35. The Kier molecular flexibility index (Phi) is 3.86. The topological polar surface area (TPSA) is 90.9 Å². The average molecular weight is 271 g/mol. The predicted octanol–water partition coefficient (Wildman–Crippen LogP) is 1.18. The van der Waals surface area contributed by atoms with Gasteiger partial charge in [-0.15, -0.1) is 0 Å². The number of imide groups is 1. The summed E-state index contributed by atoms with van der Waals surface area (Å²) in [4.78, 5) is 39.4. The van der Waals surface area contributed by atoms with E-state index >= 15 is 0 Å². The van der Waals surface area contributed by atoms with Gasteiger partial charge >= 0.3 is 6.21 Å². The lowest BCUT2D eigenvalue weighted by molar-refractivity contribution is -0.119. The first-order valence-corrected chi connectivity index (χ1v) is 6.22. The molecule has 2 amide bonds. The van der Waals surface area contributed by atoms with Crippen molar-refractivity contribution in [2.45, 2.75) is 13.3 Å². The first-order chi connectivity index (χ1) is 9.56. The van der Waals surface area contributed by atoms with Crippen molar-refractivity contribution < 1.29 is 19.2 Å². The molecule has 20 heavy (non-hydrogen) atoms. The molecule has 1 aromatic carbocycles. The molecule has 102 valence electrons. The molecule has 1 atom stereocenters. The first-order valence-electron chi connectivity index (χ1n) is 6.22. The van der Waals surface area contributed by atoms with E-state index < -0.39 is 5.92 Å². The molecule has 0 spiro atoms. The summed E-state index contributed by atoms with van der Waals surface area (Å²) in [6, 6.07) is 6.64. The van der Waals surface area contributed by atoms with Crippen molar-refractivity contribution in [3.8, 4) is 0 Å². The van der Waals surface area contributed by atoms with Gasteiger partial charge in [0.25, 0.3) is 11.8 Å². The molecule has 0 fully saturated rings. The summed E-state index contributed by atoms with van der Waals surface area (Å²) in [7, 11) is 0. The van der Waals surface area contributed by atoms with E-state index in [0.29, 0.717) is 17.5 Å². The second kappa shape index (κ2) is 5.59. The van der Waals surface area contributed by atoms with E-state index in [1.165, 1.54) is 0 Å². The molecular weight excluding hydrogens is 258 g/mol. The van der Waals surface area contributed by atoms with Gasteiger partial charge in [0.05, 0.1) is 11.1 Å².